The SMILES string of the molecule is Cc1ccc(-c2ccc(C(=O)OC[C@H]3OC(C)(C)O[C@@H]3COC(=O)c3ccc(-c4ccc(C)cc4)cc3)cc2)cc1. The van der Waals surface area contributed by atoms with E-state index in [4.69, 9.17) is 18.9 Å². The summed E-state index contributed by atoms with van der Waals surface area (Å²) in [5.74, 6) is -1.82. The molecule has 0 spiro atoms. The molecule has 0 saturated carbocycles. The highest BCUT2D eigenvalue weighted by Crippen LogP contribution is 2.29. The van der Waals surface area contributed by atoms with Gasteiger partial charge in [-0.1, -0.05) is 83.9 Å². The van der Waals surface area contributed by atoms with E-state index in [0.29, 0.717) is 11.1 Å². The predicted molar refractivity (Wildman–Crippen MR) is 158 cm³/mol. The van der Waals surface area contributed by atoms with Crippen molar-refractivity contribution in [2.24, 2.45) is 0 Å². The van der Waals surface area contributed by atoms with Crippen molar-refractivity contribution in [1.29, 1.82) is 0 Å². The molecule has 1 fully saturated rings. The molecular weight excluding hydrogens is 516 g/mol. The molecule has 0 radical (unpaired) electrons. The Hall–Kier alpha value is -4.26. The number of carbonyl (C=O) groups is 2. The summed E-state index contributed by atoms with van der Waals surface area (Å²) in [6, 6.07) is 31.0. The summed E-state index contributed by atoms with van der Waals surface area (Å²) in [6.45, 7) is 7.57. The Kier molecular flexibility index (Phi) is 8.34. The smallest absolute Gasteiger partial charge is 0.338 e. The highest BCUT2D eigenvalue weighted by Gasteiger charge is 2.42. The maximum Gasteiger partial charge on any atom is 0.338 e. The third-order valence-electron chi connectivity index (χ3n) is 7.05. The van der Waals surface area contributed by atoms with Crippen molar-refractivity contribution in [3.8, 4) is 22.3 Å². The molecule has 1 aliphatic heterocycles. The normalized spacial score (nSPS) is 17.7. The lowest BCUT2D eigenvalue weighted by Crippen LogP contribution is -2.33. The fourth-order valence-electron chi connectivity index (χ4n) is 4.76. The molecule has 4 aromatic rings. The van der Waals surface area contributed by atoms with Crippen LogP contribution in [0.4, 0.5) is 0 Å². The van der Waals surface area contributed by atoms with E-state index in [1.165, 1.54) is 11.1 Å². The third-order valence-corrected chi connectivity index (χ3v) is 7.05. The summed E-state index contributed by atoms with van der Waals surface area (Å²) in [7, 11) is 0. The first kappa shape index (κ1) is 28.3. The van der Waals surface area contributed by atoms with Crippen LogP contribution in [0.1, 0.15) is 45.7 Å². The second-order valence-corrected chi connectivity index (χ2v) is 10.8. The lowest BCUT2D eigenvalue weighted by Gasteiger charge is -2.17. The molecule has 1 saturated heterocycles. The van der Waals surface area contributed by atoms with Gasteiger partial charge < -0.3 is 18.9 Å². The minimum absolute atomic E-state index is 0.0323. The molecule has 0 bridgehead atoms. The van der Waals surface area contributed by atoms with Gasteiger partial charge in [0, 0.05) is 0 Å². The fourth-order valence-corrected chi connectivity index (χ4v) is 4.76. The van der Waals surface area contributed by atoms with Crippen molar-refractivity contribution in [1.82, 2.24) is 0 Å². The number of esters is 2. The van der Waals surface area contributed by atoms with Gasteiger partial charge >= 0.3 is 11.9 Å². The summed E-state index contributed by atoms with van der Waals surface area (Å²) < 4.78 is 23.0. The van der Waals surface area contributed by atoms with Crippen molar-refractivity contribution in [2.75, 3.05) is 13.2 Å². The van der Waals surface area contributed by atoms with Crippen molar-refractivity contribution in [3.63, 3.8) is 0 Å². The maximum atomic E-state index is 12.8. The monoisotopic (exact) mass is 550 g/mol. The average Bonchev–Trinajstić information content (AvgIpc) is 3.28. The van der Waals surface area contributed by atoms with Gasteiger partial charge in [0.1, 0.15) is 25.4 Å². The number of carbonyl (C=O) groups excluding carboxylic acids is 2. The van der Waals surface area contributed by atoms with Crippen LogP contribution in [0.15, 0.2) is 97.1 Å². The van der Waals surface area contributed by atoms with Crippen molar-refractivity contribution in [3.05, 3.63) is 119 Å². The van der Waals surface area contributed by atoms with Crippen molar-refractivity contribution in [2.45, 2.75) is 45.7 Å². The topological polar surface area (TPSA) is 71.1 Å². The molecular formula is C35H34O6. The van der Waals surface area contributed by atoms with Gasteiger partial charge in [0.15, 0.2) is 5.79 Å². The molecule has 1 heterocycles. The highest BCUT2D eigenvalue weighted by molar-refractivity contribution is 5.90. The van der Waals surface area contributed by atoms with E-state index in [1.807, 2.05) is 38.1 Å². The van der Waals surface area contributed by atoms with Gasteiger partial charge in [-0.25, -0.2) is 9.59 Å². The molecule has 0 N–H and O–H groups in total. The first-order valence-electron chi connectivity index (χ1n) is 13.7. The van der Waals surface area contributed by atoms with Gasteiger partial charge in [-0.15, -0.1) is 0 Å². The van der Waals surface area contributed by atoms with Crippen LogP contribution in [0.3, 0.4) is 0 Å². The first-order chi connectivity index (χ1) is 19.7. The lowest BCUT2D eigenvalue weighted by molar-refractivity contribution is -0.151. The minimum atomic E-state index is -0.903. The van der Waals surface area contributed by atoms with E-state index in [0.717, 1.165) is 22.3 Å². The maximum absolute atomic E-state index is 12.8. The number of hydrogen-bond acceptors (Lipinski definition) is 6. The van der Waals surface area contributed by atoms with Crippen LogP contribution in [0.25, 0.3) is 22.3 Å². The van der Waals surface area contributed by atoms with E-state index >= 15 is 0 Å². The Morgan fingerprint density at radius 2 is 0.854 bits per heavy atom. The first-order valence-corrected chi connectivity index (χ1v) is 13.7. The van der Waals surface area contributed by atoms with Crippen LogP contribution >= 0.6 is 0 Å². The van der Waals surface area contributed by atoms with E-state index in [-0.39, 0.29) is 13.2 Å². The van der Waals surface area contributed by atoms with Gasteiger partial charge in [0.25, 0.3) is 0 Å². The summed E-state index contributed by atoms with van der Waals surface area (Å²) in [4.78, 5) is 25.5. The Bertz CT molecular complexity index is 1370. The Morgan fingerprint density at radius 1 is 0.561 bits per heavy atom. The molecule has 1 aliphatic rings. The lowest BCUT2D eigenvalue weighted by atomic mass is 10.0. The number of benzene rings is 4. The van der Waals surface area contributed by atoms with Gasteiger partial charge in [-0.2, -0.15) is 0 Å². The molecule has 0 unspecified atom stereocenters. The van der Waals surface area contributed by atoms with Crippen molar-refractivity contribution >= 4 is 11.9 Å². The van der Waals surface area contributed by atoms with Crippen LogP contribution in [-0.2, 0) is 18.9 Å². The van der Waals surface area contributed by atoms with E-state index in [2.05, 4.69) is 48.5 Å². The Balaban J connectivity index is 1.15. The van der Waals surface area contributed by atoms with Crippen molar-refractivity contribution < 1.29 is 28.5 Å². The second-order valence-electron chi connectivity index (χ2n) is 10.8. The van der Waals surface area contributed by atoms with Gasteiger partial charge in [-0.3, -0.25) is 0 Å². The number of aryl methyl sites for hydroxylation is 2. The van der Waals surface area contributed by atoms with Gasteiger partial charge in [0.2, 0.25) is 0 Å². The summed E-state index contributed by atoms with van der Waals surface area (Å²) in [6.07, 6.45) is -1.17. The van der Waals surface area contributed by atoms with Crippen LogP contribution in [0.5, 0.6) is 0 Å². The Labute approximate surface area is 240 Å². The quantitative estimate of drug-likeness (QED) is 0.217. The molecule has 0 aromatic heterocycles. The molecule has 6 nitrogen and oxygen atoms in total. The number of ether oxygens (including phenoxy) is 4. The zero-order chi connectivity index (χ0) is 29.0. The molecule has 210 valence electrons. The predicted octanol–water partition coefficient (Wildman–Crippen LogP) is 7.17. The molecule has 4 aromatic carbocycles. The summed E-state index contributed by atoms with van der Waals surface area (Å²) in [5, 5.41) is 0. The zero-order valence-corrected chi connectivity index (χ0v) is 23.8. The van der Waals surface area contributed by atoms with Gasteiger partial charge in [-0.05, 0) is 74.2 Å². The van der Waals surface area contributed by atoms with E-state index in [1.54, 1.807) is 38.1 Å². The standard InChI is InChI=1S/C35H34O6/c1-23-5-9-25(10-6-23)27-13-17-29(18-14-27)33(36)38-21-31-32(41-35(3,4)40-31)22-39-34(37)30-19-15-28(16-20-30)26-11-7-24(2)8-12-26/h5-20,31-32H,21-22H2,1-4H3/t31-,32-/m1/s1. The fraction of sp³-hybridized carbons (Fsp3) is 0.257. The van der Waals surface area contributed by atoms with Crippen LogP contribution in [0, 0.1) is 13.8 Å². The molecule has 5 rings (SSSR count). The third kappa shape index (κ3) is 7.09. The van der Waals surface area contributed by atoms with Crippen LogP contribution < -0.4 is 0 Å². The number of rotatable bonds is 8. The van der Waals surface area contributed by atoms with E-state index < -0.39 is 29.9 Å². The second kappa shape index (κ2) is 12.1. The zero-order valence-electron chi connectivity index (χ0n) is 23.8. The largest absolute Gasteiger partial charge is 0.459 e. The molecule has 41 heavy (non-hydrogen) atoms. The molecule has 2 atom stereocenters. The average molecular weight is 551 g/mol. The summed E-state index contributed by atoms with van der Waals surface area (Å²) >= 11 is 0. The van der Waals surface area contributed by atoms with Crippen LogP contribution in [0.2, 0.25) is 0 Å². The number of hydrogen-bond donors (Lipinski definition) is 0. The van der Waals surface area contributed by atoms with Crippen LogP contribution in [-0.4, -0.2) is 43.1 Å². The molecule has 0 amide bonds. The molecule has 6 heteroatoms. The van der Waals surface area contributed by atoms with Gasteiger partial charge in [0.05, 0.1) is 11.1 Å². The Morgan fingerprint density at radius 3 is 1.17 bits per heavy atom. The molecule has 0 aliphatic carbocycles. The minimum Gasteiger partial charge on any atom is -0.459 e. The highest BCUT2D eigenvalue weighted by atomic mass is 16.8. The van der Waals surface area contributed by atoms with E-state index in [9.17, 15) is 9.59 Å². The summed E-state index contributed by atoms with van der Waals surface area (Å²) in [5.41, 5.74) is 7.45.